The van der Waals surface area contributed by atoms with Crippen molar-refractivity contribution in [3.05, 3.63) is 70.7 Å². The Morgan fingerprint density at radius 2 is 1.85 bits per heavy atom. The first-order valence-electron chi connectivity index (χ1n) is 8.67. The summed E-state index contributed by atoms with van der Waals surface area (Å²) in [4.78, 5) is 25.3. The van der Waals surface area contributed by atoms with Crippen molar-refractivity contribution in [3.63, 3.8) is 0 Å². The molecule has 0 unspecified atom stereocenters. The maximum atomic E-state index is 12.9. The van der Waals surface area contributed by atoms with E-state index in [4.69, 9.17) is 16.3 Å². The fourth-order valence-corrected chi connectivity index (χ4v) is 3.82. The summed E-state index contributed by atoms with van der Waals surface area (Å²) in [5.41, 5.74) is 0.120. The highest BCUT2D eigenvalue weighted by Crippen LogP contribution is 2.46. The molecule has 5 heteroatoms. The fraction of sp³-hybridized carbons (Fsp3) is 0.333. The number of esters is 1. The van der Waals surface area contributed by atoms with Gasteiger partial charge in [0.1, 0.15) is 5.92 Å². The van der Waals surface area contributed by atoms with Gasteiger partial charge in [0.15, 0.2) is 5.78 Å². The number of aliphatic hydroxyl groups is 1. The summed E-state index contributed by atoms with van der Waals surface area (Å²) in [5, 5.41) is 11.8. The third-order valence-corrected chi connectivity index (χ3v) is 5.18. The molecule has 0 aromatic heterocycles. The second-order valence-electron chi connectivity index (χ2n) is 6.63. The molecule has 0 aliphatic heterocycles. The van der Waals surface area contributed by atoms with Crippen molar-refractivity contribution < 1.29 is 19.4 Å². The maximum absolute atomic E-state index is 12.9. The summed E-state index contributed by atoms with van der Waals surface area (Å²) < 4.78 is 5.13. The number of hydrogen-bond acceptors (Lipinski definition) is 4. The summed E-state index contributed by atoms with van der Waals surface area (Å²) in [7, 11) is 0. The summed E-state index contributed by atoms with van der Waals surface area (Å²) in [6.07, 6.45) is 0.134. The van der Waals surface area contributed by atoms with Crippen molar-refractivity contribution >= 4 is 23.4 Å². The summed E-state index contributed by atoms with van der Waals surface area (Å²) in [6.45, 7) is 1.93. The van der Waals surface area contributed by atoms with Crippen LogP contribution in [0.4, 0.5) is 0 Å². The van der Waals surface area contributed by atoms with Gasteiger partial charge in [-0.2, -0.15) is 0 Å². The lowest BCUT2D eigenvalue weighted by Crippen LogP contribution is -2.45. The van der Waals surface area contributed by atoms with Gasteiger partial charge in [-0.25, -0.2) is 0 Å². The molecule has 0 saturated heterocycles. The molecule has 1 aliphatic carbocycles. The molecular formula is C21H21ClO4. The number of ketones is 1. The number of carbonyl (C=O) groups is 2. The van der Waals surface area contributed by atoms with Gasteiger partial charge in [-0.3, -0.25) is 9.59 Å². The van der Waals surface area contributed by atoms with Crippen molar-refractivity contribution in [1.29, 1.82) is 0 Å². The van der Waals surface area contributed by atoms with Crippen LogP contribution < -0.4 is 0 Å². The van der Waals surface area contributed by atoms with Crippen molar-refractivity contribution in [2.75, 3.05) is 6.61 Å². The highest BCUT2D eigenvalue weighted by Gasteiger charge is 2.49. The van der Waals surface area contributed by atoms with Crippen LogP contribution in [0.2, 0.25) is 5.02 Å². The molecule has 0 bridgehead atoms. The van der Waals surface area contributed by atoms with Crippen LogP contribution in [0, 0.1) is 5.92 Å². The SMILES string of the molecule is CCOC(=O)[C@H]1C(=O)C[C@@](O)(c2ccc(Cl)cc2)C[C@@H]1c1ccccc1. The number of Topliss-reactive ketones (excluding diaryl/α,β-unsaturated/α-hetero) is 1. The molecular weight excluding hydrogens is 352 g/mol. The van der Waals surface area contributed by atoms with Crippen LogP contribution in [-0.2, 0) is 19.9 Å². The first-order valence-corrected chi connectivity index (χ1v) is 9.05. The van der Waals surface area contributed by atoms with Crippen molar-refractivity contribution in [2.24, 2.45) is 5.92 Å². The van der Waals surface area contributed by atoms with E-state index in [2.05, 4.69) is 0 Å². The van der Waals surface area contributed by atoms with Gasteiger partial charge in [0.25, 0.3) is 0 Å². The molecule has 1 aliphatic rings. The largest absolute Gasteiger partial charge is 0.465 e. The number of carbonyl (C=O) groups excluding carboxylic acids is 2. The Hall–Kier alpha value is -2.17. The summed E-state index contributed by atoms with van der Waals surface area (Å²) >= 11 is 5.94. The van der Waals surface area contributed by atoms with Gasteiger partial charge in [0.2, 0.25) is 0 Å². The molecule has 26 heavy (non-hydrogen) atoms. The monoisotopic (exact) mass is 372 g/mol. The summed E-state index contributed by atoms with van der Waals surface area (Å²) in [6, 6.07) is 16.2. The molecule has 0 heterocycles. The molecule has 0 amide bonds. The molecule has 1 saturated carbocycles. The van der Waals surface area contributed by atoms with Crippen LogP contribution in [0.1, 0.15) is 36.8 Å². The minimum Gasteiger partial charge on any atom is -0.465 e. The predicted octanol–water partition coefficient (Wildman–Crippen LogP) is 3.85. The van der Waals surface area contributed by atoms with Gasteiger partial charge < -0.3 is 9.84 Å². The van der Waals surface area contributed by atoms with E-state index in [-0.39, 0.29) is 25.2 Å². The van der Waals surface area contributed by atoms with Gasteiger partial charge in [0.05, 0.1) is 12.2 Å². The standard InChI is InChI=1S/C21H21ClO4/c1-2-26-20(24)19-17(14-6-4-3-5-7-14)12-21(25,13-18(19)23)15-8-10-16(22)11-9-15/h3-11,17,19,25H,2,12-13H2,1H3/t17-,19-,21-/m1/s1. The number of hydrogen-bond donors (Lipinski definition) is 1. The first kappa shape index (κ1) is 18.6. The molecule has 4 nitrogen and oxygen atoms in total. The Kier molecular flexibility index (Phi) is 5.44. The average molecular weight is 373 g/mol. The highest BCUT2D eigenvalue weighted by atomic mass is 35.5. The zero-order valence-electron chi connectivity index (χ0n) is 14.5. The van der Waals surface area contributed by atoms with Crippen LogP contribution in [0.3, 0.4) is 0 Å². The van der Waals surface area contributed by atoms with Gasteiger partial charge in [-0.1, -0.05) is 54.1 Å². The van der Waals surface area contributed by atoms with E-state index in [1.165, 1.54) is 0 Å². The molecule has 2 aromatic carbocycles. The topological polar surface area (TPSA) is 63.6 Å². The zero-order chi connectivity index (χ0) is 18.7. The van der Waals surface area contributed by atoms with E-state index in [1.807, 2.05) is 30.3 Å². The van der Waals surface area contributed by atoms with E-state index in [9.17, 15) is 14.7 Å². The molecule has 3 atom stereocenters. The van der Waals surface area contributed by atoms with Crippen molar-refractivity contribution in [3.8, 4) is 0 Å². The Morgan fingerprint density at radius 1 is 1.19 bits per heavy atom. The lowest BCUT2D eigenvalue weighted by atomic mass is 9.66. The number of ether oxygens (including phenoxy) is 1. The van der Waals surface area contributed by atoms with Crippen molar-refractivity contribution in [2.45, 2.75) is 31.3 Å². The fourth-order valence-electron chi connectivity index (χ4n) is 3.69. The van der Waals surface area contributed by atoms with Crippen LogP contribution in [0.5, 0.6) is 0 Å². The minimum atomic E-state index is -1.34. The lowest BCUT2D eigenvalue weighted by Gasteiger charge is -2.40. The van der Waals surface area contributed by atoms with E-state index >= 15 is 0 Å². The molecule has 2 aromatic rings. The third kappa shape index (κ3) is 3.67. The molecule has 136 valence electrons. The van der Waals surface area contributed by atoms with Gasteiger partial charge >= 0.3 is 5.97 Å². The second kappa shape index (κ2) is 7.60. The minimum absolute atomic E-state index is 0.124. The van der Waals surface area contributed by atoms with Gasteiger partial charge in [-0.05, 0) is 36.6 Å². The maximum Gasteiger partial charge on any atom is 0.317 e. The predicted molar refractivity (Wildman–Crippen MR) is 98.9 cm³/mol. The average Bonchev–Trinajstić information content (AvgIpc) is 2.62. The van der Waals surface area contributed by atoms with E-state index in [0.717, 1.165) is 5.56 Å². The normalized spacial score (nSPS) is 25.7. The first-order chi connectivity index (χ1) is 12.4. The van der Waals surface area contributed by atoms with Crippen LogP contribution in [-0.4, -0.2) is 23.5 Å². The van der Waals surface area contributed by atoms with E-state index < -0.39 is 23.4 Å². The molecule has 0 radical (unpaired) electrons. The molecule has 3 rings (SSSR count). The number of rotatable bonds is 4. The Balaban J connectivity index is 2.00. The third-order valence-electron chi connectivity index (χ3n) is 4.92. The Bertz CT molecular complexity index is 787. The smallest absolute Gasteiger partial charge is 0.317 e. The van der Waals surface area contributed by atoms with Gasteiger partial charge in [-0.15, -0.1) is 0 Å². The van der Waals surface area contributed by atoms with Crippen LogP contribution in [0.15, 0.2) is 54.6 Å². The quantitative estimate of drug-likeness (QED) is 0.654. The second-order valence-corrected chi connectivity index (χ2v) is 7.07. The molecule has 0 spiro atoms. The van der Waals surface area contributed by atoms with Gasteiger partial charge in [0, 0.05) is 17.4 Å². The molecule has 1 N–H and O–H groups in total. The summed E-state index contributed by atoms with van der Waals surface area (Å²) in [5.74, 6) is -2.17. The van der Waals surface area contributed by atoms with Crippen LogP contribution in [0.25, 0.3) is 0 Å². The lowest BCUT2D eigenvalue weighted by molar-refractivity contribution is -0.158. The van der Waals surface area contributed by atoms with Crippen LogP contribution >= 0.6 is 11.6 Å². The number of halogens is 1. The molecule has 1 fully saturated rings. The number of benzene rings is 2. The van der Waals surface area contributed by atoms with E-state index in [1.54, 1.807) is 31.2 Å². The Morgan fingerprint density at radius 3 is 2.46 bits per heavy atom. The Labute approximate surface area is 157 Å². The zero-order valence-corrected chi connectivity index (χ0v) is 15.3. The van der Waals surface area contributed by atoms with E-state index in [0.29, 0.717) is 10.6 Å². The highest BCUT2D eigenvalue weighted by molar-refractivity contribution is 6.30. The van der Waals surface area contributed by atoms with Crippen molar-refractivity contribution in [1.82, 2.24) is 0 Å².